The minimum Gasteiger partial charge on any atom is -0.480 e. The Morgan fingerprint density at radius 1 is 1.47 bits per heavy atom. The van der Waals surface area contributed by atoms with Crippen molar-refractivity contribution in [1.82, 2.24) is 5.32 Å². The fraction of sp³-hybridized carbons (Fsp3) is 0.923. The first-order chi connectivity index (χ1) is 8.19. The fourth-order valence-corrected chi connectivity index (χ4v) is 3.70. The molecule has 2 rings (SSSR count). The molecule has 0 aromatic carbocycles. The normalized spacial score (nSPS) is 32.9. The average molecular weight is 257 g/mol. The van der Waals surface area contributed by atoms with Gasteiger partial charge in [-0.25, -0.2) is 0 Å². The SMILES string of the molecule is CCSCCC1CCCC1(NC1CC1)C(=O)O. The third-order valence-corrected chi connectivity index (χ3v) is 4.99. The highest BCUT2D eigenvalue weighted by Crippen LogP contribution is 2.41. The van der Waals surface area contributed by atoms with Crippen molar-refractivity contribution in [2.75, 3.05) is 11.5 Å². The van der Waals surface area contributed by atoms with Crippen molar-refractivity contribution in [2.24, 2.45) is 5.92 Å². The molecule has 17 heavy (non-hydrogen) atoms. The van der Waals surface area contributed by atoms with Crippen molar-refractivity contribution in [1.29, 1.82) is 0 Å². The van der Waals surface area contributed by atoms with Crippen LogP contribution < -0.4 is 5.32 Å². The van der Waals surface area contributed by atoms with Gasteiger partial charge in [-0.2, -0.15) is 11.8 Å². The Morgan fingerprint density at radius 2 is 2.24 bits per heavy atom. The van der Waals surface area contributed by atoms with Gasteiger partial charge in [-0.05, 0) is 49.5 Å². The minimum atomic E-state index is -0.617. The molecule has 0 heterocycles. The molecule has 0 saturated heterocycles. The molecule has 0 aliphatic heterocycles. The van der Waals surface area contributed by atoms with E-state index in [0.717, 1.165) is 50.0 Å². The van der Waals surface area contributed by atoms with Gasteiger partial charge in [-0.1, -0.05) is 13.3 Å². The van der Waals surface area contributed by atoms with Gasteiger partial charge < -0.3 is 5.11 Å². The van der Waals surface area contributed by atoms with Crippen LogP contribution in [0.15, 0.2) is 0 Å². The van der Waals surface area contributed by atoms with Gasteiger partial charge in [-0.15, -0.1) is 0 Å². The molecule has 0 spiro atoms. The van der Waals surface area contributed by atoms with Crippen LogP contribution in [-0.4, -0.2) is 34.2 Å². The van der Waals surface area contributed by atoms with Crippen LogP contribution in [0.2, 0.25) is 0 Å². The minimum absolute atomic E-state index is 0.333. The molecule has 4 heteroatoms. The van der Waals surface area contributed by atoms with Gasteiger partial charge >= 0.3 is 5.97 Å². The fourth-order valence-electron chi connectivity index (χ4n) is 2.96. The standard InChI is InChI=1S/C13H23NO2S/c1-2-17-9-7-10-4-3-8-13(10,12(15)16)14-11-5-6-11/h10-11,14H,2-9H2,1H3,(H,15,16). The van der Waals surface area contributed by atoms with E-state index in [-0.39, 0.29) is 0 Å². The first-order valence-corrected chi connectivity index (χ1v) is 7.93. The van der Waals surface area contributed by atoms with E-state index in [1.54, 1.807) is 0 Å². The smallest absolute Gasteiger partial charge is 0.324 e. The lowest BCUT2D eigenvalue weighted by atomic mass is 9.85. The first kappa shape index (κ1) is 13.2. The summed E-state index contributed by atoms with van der Waals surface area (Å²) in [7, 11) is 0. The van der Waals surface area contributed by atoms with Gasteiger partial charge in [0.2, 0.25) is 0 Å². The van der Waals surface area contributed by atoms with Gasteiger partial charge in [-0.3, -0.25) is 10.1 Å². The van der Waals surface area contributed by atoms with Crippen LogP contribution >= 0.6 is 11.8 Å². The van der Waals surface area contributed by atoms with E-state index in [1.165, 1.54) is 0 Å². The second-order valence-corrected chi connectivity index (χ2v) is 6.66. The van der Waals surface area contributed by atoms with Crippen molar-refractivity contribution in [3.63, 3.8) is 0 Å². The van der Waals surface area contributed by atoms with Crippen LogP contribution in [0, 0.1) is 5.92 Å². The summed E-state index contributed by atoms with van der Waals surface area (Å²) >= 11 is 1.92. The van der Waals surface area contributed by atoms with Gasteiger partial charge in [0.05, 0.1) is 0 Å². The largest absolute Gasteiger partial charge is 0.480 e. The molecule has 2 unspecified atom stereocenters. The number of aliphatic carboxylic acids is 1. The highest BCUT2D eigenvalue weighted by molar-refractivity contribution is 7.99. The van der Waals surface area contributed by atoms with Crippen molar-refractivity contribution in [3.8, 4) is 0 Å². The van der Waals surface area contributed by atoms with E-state index in [1.807, 2.05) is 11.8 Å². The van der Waals surface area contributed by atoms with Crippen molar-refractivity contribution >= 4 is 17.7 Å². The highest BCUT2D eigenvalue weighted by atomic mass is 32.2. The van der Waals surface area contributed by atoms with E-state index < -0.39 is 11.5 Å². The van der Waals surface area contributed by atoms with E-state index in [4.69, 9.17) is 0 Å². The number of carbonyl (C=O) groups is 1. The van der Waals surface area contributed by atoms with Gasteiger partial charge in [0.25, 0.3) is 0 Å². The molecule has 2 aliphatic rings. The Morgan fingerprint density at radius 3 is 2.82 bits per heavy atom. The summed E-state index contributed by atoms with van der Waals surface area (Å²) in [6.07, 6.45) is 6.32. The molecule has 2 N–H and O–H groups in total. The van der Waals surface area contributed by atoms with E-state index in [2.05, 4.69) is 12.2 Å². The maximum Gasteiger partial charge on any atom is 0.324 e. The average Bonchev–Trinajstić information content (AvgIpc) is 3.00. The van der Waals surface area contributed by atoms with Crippen molar-refractivity contribution < 1.29 is 9.90 Å². The quantitative estimate of drug-likeness (QED) is 0.688. The molecule has 2 atom stereocenters. The Labute approximate surface area is 108 Å². The van der Waals surface area contributed by atoms with Gasteiger partial charge in [0.15, 0.2) is 0 Å². The topological polar surface area (TPSA) is 49.3 Å². The summed E-state index contributed by atoms with van der Waals surface area (Å²) in [5.74, 6) is 1.94. The third kappa shape index (κ3) is 2.97. The first-order valence-electron chi connectivity index (χ1n) is 6.78. The summed E-state index contributed by atoms with van der Waals surface area (Å²) in [6.45, 7) is 2.16. The molecule has 2 saturated carbocycles. The molecule has 0 aromatic heterocycles. The van der Waals surface area contributed by atoms with Crippen molar-refractivity contribution in [3.05, 3.63) is 0 Å². The summed E-state index contributed by atoms with van der Waals surface area (Å²) in [6, 6.07) is 0.477. The Balaban J connectivity index is 1.98. The molecule has 98 valence electrons. The molecular weight excluding hydrogens is 234 g/mol. The second kappa shape index (κ2) is 5.61. The maximum atomic E-state index is 11.7. The second-order valence-electron chi connectivity index (χ2n) is 5.27. The van der Waals surface area contributed by atoms with E-state index in [0.29, 0.717) is 12.0 Å². The van der Waals surface area contributed by atoms with Crippen LogP contribution in [0.3, 0.4) is 0 Å². The Bertz CT molecular complexity index is 281. The van der Waals surface area contributed by atoms with Crippen LogP contribution in [-0.2, 0) is 4.79 Å². The zero-order valence-electron chi connectivity index (χ0n) is 10.6. The molecule has 0 radical (unpaired) electrons. The number of rotatable bonds is 7. The number of hydrogen-bond acceptors (Lipinski definition) is 3. The lowest BCUT2D eigenvalue weighted by Gasteiger charge is -2.32. The van der Waals surface area contributed by atoms with E-state index >= 15 is 0 Å². The summed E-state index contributed by atoms with van der Waals surface area (Å²) < 4.78 is 0. The van der Waals surface area contributed by atoms with Crippen LogP contribution in [0.4, 0.5) is 0 Å². The number of nitrogens with one attached hydrogen (secondary N) is 1. The molecule has 0 amide bonds. The summed E-state index contributed by atoms with van der Waals surface area (Å²) in [5, 5.41) is 13.0. The molecule has 2 aliphatic carbocycles. The zero-order chi connectivity index (χ0) is 12.3. The van der Waals surface area contributed by atoms with Crippen LogP contribution in [0.5, 0.6) is 0 Å². The molecule has 3 nitrogen and oxygen atoms in total. The monoisotopic (exact) mass is 257 g/mol. The number of hydrogen-bond donors (Lipinski definition) is 2. The molecule has 0 aromatic rings. The van der Waals surface area contributed by atoms with Gasteiger partial charge in [0, 0.05) is 6.04 Å². The summed E-state index contributed by atoms with van der Waals surface area (Å²) in [5.41, 5.74) is -0.602. The molecular formula is C13H23NO2S. The number of carboxylic acid groups (broad SMARTS) is 1. The predicted octanol–water partition coefficient (Wildman–Crippen LogP) is 2.51. The number of thioether (sulfide) groups is 1. The molecule has 2 fully saturated rings. The molecule has 0 bridgehead atoms. The summed E-state index contributed by atoms with van der Waals surface area (Å²) in [4.78, 5) is 11.7. The lowest BCUT2D eigenvalue weighted by Crippen LogP contribution is -2.55. The Hall–Kier alpha value is -0.220. The zero-order valence-corrected chi connectivity index (χ0v) is 11.4. The third-order valence-electron chi connectivity index (χ3n) is 4.06. The number of carboxylic acids is 1. The van der Waals surface area contributed by atoms with E-state index in [9.17, 15) is 9.90 Å². The lowest BCUT2D eigenvalue weighted by molar-refractivity contribution is -0.146. The van der Waals surface area contributed by atoms with Gasteiger partial charge in [0.1, 0.15) is 5.54 Å². The Kier molecular flexibility index (Phi) is 4.36. The van der Waals surface area contributed by atoms with Crippen LogP contribution in [0.25, 0.3) is 0 Å². The van der Waals surface area contributed by atoms with Crippen molar-refractivity contribution in [2.45, 2.75) is 57.0 Å². The highest BCUT2D eigenvalue weighted by Gasteiger charge is 2.50. The maximum absolute atomic E-state index is 11.7. The predicted molar refractivity (Wildman–Crippen MR) is 71.5 cm³/mol. The van der Waals surface area contributed by atoms with Crippen LogP contribution in [0.1, 0.15) is 45.4 Å².